The van der Waals surface area contributed by atoms with E-state index in [1.54, 1.807) is 18.3 Å². The fraction of sp³-hybridized carbons (Fsp3) is 0.333. The SMILES string of the molecule is Cc1sc(NC(=O)CNC(C)(C(N)=O)c2ccccc2)c(C)c1C. The van der Waals surface area contributed by atoms with Crippen molar-refractivity contribution in [2.45, 2.75) is 33.2 Å². The van der Waals surface area contributed by atoms with Gasteiger partial charge in [-0.3, -0.25) is 14.9 Å². The Labute approximate surface area is 146 Å². The summed E-state index contributed by atoms with van der Waals surface area (Å²) >= 11 is 1.55. The molecule has 1 aromatic heterocycles. The van der Waals surface area contributed by atoms with Crippen LogP contribution in [0.15, 0.2) is 30.3 Å². The Morgan fingerprint density at radius 1 is 1.12 bits per heavy atom. The third-order valence-corrected chi connectivity index (χ3v) is 5.61. The van der Waals surface area contributed by atoms with Crippen LogP contribution in [0.5, 0.6) is 0 Å². The Balaban J connectivity index is 2.08. The van der Waals surface area contributed by atoms with Crippen molar-refractivity contribution in [1.82, 2.24) is 5.32 Å². The van der Waals surface area contributed by atoms with Crippen LogP contribution in [0.1, 0.15) is 28.5 Å². The highest BCUT2D eigenvalue weighted by Gasteiger charge is 2.33. The first-order valence-corrected chi connectivity index (χ1v) is 8.54. The second-order valence-corrected chi connectivity index (χ2v) is 7.22. The van der Waals surface area contributed by atoms with Crippen molar-refractivity contribution in [3.05, 3.63) is 51.9 Å². The third kappa shape index (κ3) is 3.66. The molecule has 0 saturated carbocycles. The van der Waals surface area contributed by atoms with Gasteiger partial charge in [0, 0.05) is 4.88 Å². The molecular formula is C18H23N3O2S. The van der Waals surface area contributed by atoms with Gasteiger partial charge >= 0.3 is 0 Å². The van der Waals surface area contributed by atoms with Crippen LogP contribution in [0.3, 0.4) is 0 Å². The van der Waals surface area contributed by atoms with E-state index in [0.717, 1.165) is 16.1 Å². The van der Waals surface area contributed by atoms with Gasteiger partial charge in [0.05, 0.1) is 11.5 Å². The first-order valence-electron chi connectivity index (χ1n) is 7.72. The Morgan fingerprint density at radius 2 is 1.75 bits per heavy atom. The molecular weight excluding hydrogens is 322 g/mol. The molecule has 2 amide bonds. The zero-order valence-corrected chi connectivity index (χ0v) is 15.2. The number of benzene rings is 1. The molecule has 0 bridgehead atoms. The Bertz CT molecular complexity index is 755. The molecule has 0 aliphatic rings. The monoisotopic (exact) mass is 345 g/mol. The van der Waals surface area contributed by atoms with Crippen molar-refractivity contribution in [1.29, 1.82) is 0 Å². The molecule has 0 aliphatic carbocycles. The molecule has 128 valence electrons. The number of thiophene rings is 1. The molecule has 0 saturated heterocycles. The summed E-state index contributed by atoms with van der Waals surface area (Å²) in [5, 5.41) is 6.74. The molecule has 4 N–H and O–H groups in total. The second-order valence-electron chi connectivity index (χ2n) is 5.99. The van der Waals surface area contributed by atoms with Gasteiger partial charge in [-0.25, -0.2) is 0 Å². The van der Waals surface area contributed by atoms with Gasteiger partial charge in [-0.15, -0.1) is 11.3 Å². The van der Waals surface area contributed by atoms with Crippen molar-refractivity contribution >= 4 is 28.2 Å². The molecule has 1 unspecified atom stereocenters. The van der Waals surface area contributed by atoms with Crippen LogP contribution in [0.4, 0.5) is 5.00 Å². The number of nitrogens with one attached hydrogen (secondary N) is 2. The summed E-state index contributed by atoms with van der Waals surface area (Å²) in [6.45, 7) is 7.72. The number of rotatable bonds is 6. The minimum absolute atomic E-state index is 0.0101. The van der Waals surface area contributed by atoms with E-state index in [0.29, 0.717) is 0 Å². The Kier molecular flexibility index (Phi) is 5.41. The van der Waals surface area contributed by atoms with E-state index in [-0.39, 0.29) is 12.5 Å². The standard InChI is InChI=1S/C18H23N3O2S/c1-11-12(2)16(24-13(11)3)21-15(22)10-20-18(4,17(19)23)14-8-6-5-7-9-14/h5-9,20H,10H2,1-4H3,(H2,19,23)(H,21,22). The predicted octanol–water partition coefficient (Wildman–Crippen LogP) is 2.60. The van der Waals surface area contributed by atoms with E-state index in [4.69, 9.17) is 5.73 Å². The number of carbonyl (C=O) groups is 2. The first kappa shape index (κ1) is 18.2. The molecule has 2 aromatic rings. The van der Waals surface area contributed by atoms with E-state index in [9.17, 15) is 9.59 Å². The summed E-state index contributed by atoms with van der Waals surface area (Å²) in [6.07, 6.45) is 0. The van der Waals surface area contributed by atoms with Crippen LogP contribution in [0, 0.1) is 20.8 Å². The Morgan fingerprint density at radius 3 is 2.25 bits per heavy atom. The number of anilines is 1. The van der Waals surface area contributed by atoms with Crippen LogP contribution in [0.25, 0.3) is 0 Å². The number of aryl methyl sites for hydroxylation is 1. The van der Waals surface area contributed by atoms with Crippen LogP contribution in [-0.2, 0) is 15.1 Å². The summed E-state index contributed by atoms with van der Waals surface area (Å²) in [6, 6.07) is 9.15. The molecule has 0 radical (unpaired) electrons. The average Bonchev–Trinajstić information content (AvgIpc) is 2.80. The van der Waals surface area contributed by atoms with Crippen LogP contribution in [-0.4, -0.2) is 18.4 Å². The van der Waals surface area contributed by atoms with E-state index in [1.165, 1.54) is 10.4 Å². The maximum Gasteiger partial charge on any atom is 0.242 e. The lowest BCUT2D eigenvalue weighted by Crippen LogP contribution is -2.52. The number of primary amides is 1. The maximum absolute atomic E-state index is 12.3. The maximum atomic E-state index is 12.3. The van der Waals surface area contributed by atoms with Crippen molar-refractivity contribution in [3.63, 3.8) is 0 Å². The van der Waals surface area contributed by atoms with Crippen LogP contribution in [0.2, 0.25) is 0 Å². The fourth-order valence-electron chi connectivity index (χ4n) is 2.39. The number of nitrogens with two attached hydrogens (primary N) is 1. The van der Waals surface area contributed by atoms with Gasteiger partial charge in [-0.1, -0.05) is 30.3 Å². The molecule has 1 atom stereocenters. The molecule has 5 nitrogen and oxygen atoms in total. The van der Waals surface area contributed by atoms with E-state index >= 15 is 0 Å². The van der Waals surface area contributed by atoms with Gasteiger partial charge in [0.2, 0.25) is 11.8 Å². The molecule has 1 heterocycles. The summed E-state index contributed by atoms with van der Waals surface area (Å²) in [4.78, 5) is 25.4. The molecule has 0 aliphatic heterocycles. The number of amides is 2. The van der Waals surface area contributed by atoms with Crippen molar-refractivity contribution in [3.8, 4) is 0 Å². The van der Waals surface area contributed by atoms with E-state index in [1.807, 2.05) is 51.1 Å². The van der Waals surface area contributed by atoms with Gasteiger partial charge in [0.1, 0.15) is 5.54 Å². The van der Waals surface area contributed by atoms with Gasteiger partial charge in [-0.05, 0) is 44.4 Å². The average molecular weight is 345 g/mol. The minimum Gasteiger partial charge on any atom is -0.368 e. The predicted molar refractivity (Wildman–Crippen MR) is 98.2 cm³/mol. The van der Waals surface area contributed by atoms with Gasteiger partial charge in [0.15, 0.2) is 0 Å². The van der Waals surface area contributed by atoms with Gasteiger partial charge in [0.25, 0.3) is 0 Å². The summed E-state index contributed by atoms with van der Waals surface area (Å²) in [5.41, 5.74) is 7.45. The van der Waals surface area contributed by atoms with Gasteiger partial charge < -0.3 is 11.1 Å². The number of hydrogen-bond acceptors (Lipinski definition) is 4. The lowest BCUT2D eigenvalue weighted by molar-refractivity contribution is -0.124. The first-order chi connectivity index (χ1) is 11.3. The quantitative estimate of drug-likeness (QED) is 0.752. The second kappa shape index (κ2) is 7.15. The number of hydrogen-bond donors (Lipinski definition) is 3. The zero-order chi connectivity index (χ0) is 17.9. The summed E-state index contributed by atoms with van der Waals surface area (Å²) in [7, 11) is 0. The molecule has 0 fully saturated rings. The molecule has 24 heavy (non-hydrogen) atoms. The largest absolute Gasteiger partial charge is 0.368 e. The van der Waals surface area contributed by atoms with Crippen LogP contribution < -0.4 is 16.4 Å². The summed E-state index contributed by atoms with van der Waals surface area (Å²) in [5.74, 6) is -0.733. The smallest absolute Gasteiger partial charge is 0.242 e. The highest BCUT2D eigenvalue weighted by Crippen LogP contribution is 2.31. The van der Waals surface area contributed by atoms with Crippen molar-refractivity contribution in [2.24, 2.45) is 5.73 Å². The van der Waals surface area contributed by atoms with Gasteiger partial charge in [-0.2, -0.15) is 0 Å². The molecule has 0 spiro atoms. The van der Waals surface area contributed by atoms with Crippen molar-refractivity contribution < 1.29 is 9.59 Å². The topological polar surface area (TPSA) is 84.2 Å². The molecule has 2 rings (SSSR count). The molecule has 6 heteroatoms. The lowest BCUT2D eigenvalue weighted by atomic mass is 9.91. The van der Waals surface area contributed by atoms with Crippen molar-refractivity contribution in [2.75, 3.05) is 11.9 Å². The number of carbonyl (C=O) groups excluding carboxylic acids is 2. The minimum atomic E-state index is -1.10. The van der Waals surface area contributed by atoms with Crippen LogP contribution >= 0.6 is 11.3 Å². The normalized spacial score (nSPS) is 13.3. The lowest BCUT2D eigenvalue weighted by Gasteiger charge is -2.27. The fourth-order valence-corrected chi connectivity index (χ4v) is 3.47. The Hall–Kier alpha value is -2.18. The highest BCUT2D eigenvalue weighted by atomic mass is 32.1. The highest BCUT2D eigenvalue weighted by molar-refractivity contribution is 7.16. The summed E-state index contributed by atoms with van der Waals surface area (Å²) < 4.78 is 0. The zero-order valence-electron chi connectivity index (χ0n) is 14.4. The van der Waals surface area contributed by atoms with E-state index < -0.39 is 11.4 Å². The molecule has 1 aromatic carbocycles. The van der Waals surface area contributed by atoms with E-state index in [2.05, 4.69) is 10.6 Å². The third-order valence-electron chi connectivity index (χ3n) is 4.39.